The third kappa shape index (κ3) is 3.76. The Morgan fingerprint density at radius 3 is 2.60 bits per heavy atom. The number of fused-ring (bicyclic) bond motifs is 1. The number of nitrogens with zero attached hydrogens (tertiary/aromatic N) is 3. The second-order valence-corrected chi connectivity index (χ2v) is 7.02. The number of benzene rings is 1. The molecule has 132 valence electrons. The van der Waals surface area contributed by atoms with Gasteiger partial charge in [-0.15, -0.1) is 0 Å². The summed E-state index contributed by atoms with van der Waals surface area (Å²) < 4.78 is 6.11. The third-order valence-corrected chi connectivity index (χ3v) is 5.25. The molecule has 1 aliphatic carbocycles. The molecule has 0 radical (unpaired) electrons. The minimum atomic E-state index is 0.325. The van der Waals surface area contributed by atoms with Crippen LogP contribution in [0.1, 0.15) is 42.5 Å². The molecule has 1 aromatic carbocycles. The van der Waals surface area contributed by atoms with Gasteiger partial charge in [0.25, 0.3) is 0 Å². The van der Waals surface area contributed by atoms with Crippen molar-refractivity contribution in [3.8, 4) is 0 Å². The quantitative estimate of drug-likeness (QED) is 0.928. The van der Waals surface area contributed by atoms with Crippen LogP contribution in [0.5, 0.6) is 0 Å². The van der Waals surface area contributed by atoms with Crippen molar-refractivity contribution in [2.45, 2.75) is 51.2 Å². The Hall–Kier alpha value is -2.14. The monoisotopic (exact) mass is 338 g/mol. The Morgan fingerprint density at radius 2 is 1.80 bits per heavy atom. The van der Waals surface area contributed by atoms with E-state index in [0.717, 1.165) is 50.3 Å². The van der Waals surface area contributed by atoms with Crippen molar-refractivity contribution in [3.05, 3.63) is 47.2 Å². The number of piperidine rings is 1. The van der Waals surface area contributed by atoms with Crippen molar-refractivity contribution < 1.29 is 4.74 Å². The molecule has 0 unspecified atom stereocenters. The maximum atomic E-state index is 6.11. The molecule has 25 heavy (non-hydrogen) atoms. The van der Waals surface area contributed by atoms with Gasteiger partial charge >= 0.3 is 0 Å². The van der Waals surface area contributed by atoms with E-state index in [4.69, 9.17) is 10.5 Å². The molecule has 1 aliphatic heterocycles. The summed E-state index contributed by atoms with van der Waals surface area (Å²) in [7, 11) is 0. The second-order valence-electron chi connectivity index (χ2n) is 7.02. The van der Waals surface area contributed by atoms with E-state index in [0.29, 0.717) is 18.7 Å². The highest BCUT2D eigenvalue weighted by Crippen LogP contribution is 2.30. The first-order chi connectivity index (χ1) is 12.3. The molecule has 2 N–H and O–H groups in total. The zero-order valence-electron chi connectivity index (χ0n) is 14.7. The van der Waals surface area contributed by atoms with E-state index < -0.39 is 0 Å². The van der Waals surface area contributed by atoms with Gasteiger partial charge in [0.05, 0.1) is 18.4 Å². The van der Waals surface area contributed by atoms with Crippen LogP contribution >= 0.6 is 0 Å². The molecule has 0 atom stereocenters. The lowest BCUT2D eigenvalue weighted by Crippen LogP contribution is -2.38. The number of nitrogen functional groups attached to an aromatic ring is 1. The molecule has 0 bridgehead atoms. The maximum Gasteiger partial charge on any atom is 0.222 e. The van der Waals surface area contributed by atoms with Crippen LogP contribution in [0.15, 0.2) is 30.3 Å². The second kappa shape index (κ2) is 7.40. The molecule has 5 nitrogen and oxygen atoms in total. The summed E-state index contributed by atoms with van der Waals surface area (Å²) in [6.45, 7) is 2.64. The lowest BCUT2D eigenvalue weighted by Gasteiger charge is -2.34. The summed E-state index contributed by atoms with van der Waals surface area (Å²) in [6, 6.07) is 10.4. The molecular weight excluding hydrogens is 312 g/mol. The van der Waals surface area contributed by atoms with Gasteiger partial charge in [0.1, 0.15) is 5.82 Å². The number of hydrogen-bond acceptors (Lipinski definition) is 5. The zero-order chi connectivity index (χ0) is 17.1. The Labute approximate surface area is 149 Å². The maximum absolute atomic E-state index is 6.11. The molecule has 2 aromatic rings. The van der Waals surface area contributed by atoms with Gasteiger partial charge in [0.2, 0.25) is 5.95 Å². The first kappa shape index (κ1) is 16.3. The van der Waals surface area contributed by atoms with Crippen LogP contribution in [0, 0.1) is 0 Å². The largest absolute Gasteiger partial charge is 0.373 e. The fraction of sp³-hybridized carbons (Fsp3) is 0.500. The average Bonchev–Trinajstić information content (AvgIpc) is 2.67. The van der Waals surface area contributed by atoms with E-state index in [1.54, 1.807) is 0 Å². The SMILES string of the molecule is Nc1nc2c(c(N3CCC(OCc4ccccc4)CC3)n1)CCCC2. The summed E-state index contributed by atoms with van der Waals surface area (Å²) >= 11 is 0. The zero-order valence-corrected chi connectivity index (χ0v) is 14.7. The number of nitrogens with two attached hydrogens (primary N) is 1. The third-order valence-electron chi connectivity index (χ3n) is 5.25. The van der Waals surface area contributed by atoms with Crippen molar-refractivity contribution in [2.24, 2.45) is 0 Å². The van der Waals surface area contributed by atoms with Crippen LogP contribution in [0.25, 0.3) is 0 Å². The molecule has 1 aromatic heterocycles. The number of anilines is 2. The van der Waals surface area contributed by atoms with E-state index in [1.165, 1.54) is 24.0 Å². The summed E-state index contributed by atoms with van der Waals surface area (Å²) in [4.78, 5) is 11.4. The number of aromatic nitrogens is 2. The standard InChI is InChI=1S/C20H26N4O/c21-20-22-18-9-5-4-8-17(18)19(23-20)24-12-10-16(11-13-24)25-14-15-6-2-1-3-7-15/h1-3,6-7,16H,4-5,8-14H2,(H2,21,22,23). The molecule has 2 aliphatic rings. The lowest BCUT2D eigenvalue weighted by atomic mass is 9.95. The first-order valence-electron chi connectivity index (χ1n) is 9.35. The Morgan fingerprint density at radius 1 is 1.04 bits per heavy atom. The fourth-order valence-corrected chi connectivity index (χ4v) is 3.88. The van der Waals surface area contributed by atoms with E-state index in [1.807, 2.05) is 6.07 Å². The van der Waals surface area contributed by atoms with Crippen molar-refractivity contribution in [2.75, 3.05) is 23.7 Å². The minimum Gasteiger partial charge on any atom is -0.373 e. The van der Waals surface area contributed by atoms with Gasteiger partial charge in [-0.05, 0) is 44.1 Å². The predicted molar refractivity (Wildman–Crippen MR) is 99.6 cm³/mol. The summed E-state index contributed by atoms with van der Waals surface area (Å²) in [5.74, 6) is 1.49. The normalized spacial score (nSPS) is 18.2. The fourth-order valence-electron chi connectivity index (χ4n) is 3.88. The highest BCUT2D eigenvalue weighted by molar-refractivity contribution is 5.53. The lowest BCUT2D eigenvalue weighted by molar-refractivity contribution is 0.0250. The molecule has 0 amide bonds. The summed E-state index contributed by atoms with van der Waals surface area (Å²) in [5.41, 5.74) is 9.68. The van der Waals surface area contributed by atoms with Gasteiger partial charge in [-0.3, -0.25) is 0 Å². The van der Waals surface area contributed by atoms with Crippen LogP contribution in [0.4, 0.5) is 11.8 Å². The van der Waals surface area contributed by atoms with Crippen LogP contribution < -0.4 is 10.6 Å². The Kier molecular flexibility index (Phi) is 4.83. The van der Waals surface area contributed by atoms with Gasteiger partial charge < -0.3 is 15.4 Å². The van der Waals surface area contributed by atoms with Crippen LogP contribution in [0.2, 0.25) is 0 Å². The first-order valence-corrected chi connectivity index (χ1v) is 9.35. The van der Waals surface area contributed by atoms with Crippen LogP contribution in [0.3, 0.4) is 0 Å². The minimum absolute atomic E-state index is 0.325. The number of hydrogen-bond donors (Lipinski definition) is 1. The molecule has 5 heteroatoms. The summed E-state index contributed by atoms with van der Waals surface area (Å²) in [6.07, 6.45) is 6.94. The van der Waals surface area contributed by atoms with Crippen molar-refractivity contribution in [1.82, 2.24) is 9.97 Å². The highest BCUT2D eigenvalue weighted by Gasteiger charge is 2.25. The van der Waals surface area contributed by atoms with Gasteiger partial charge in [-0.25, -0.2) is 4.98 Å². The number of aryl methyl sites for hydroxylation is 1. The van der Waals surface area contributed by atoms with Crippen molar-refractivity contribution in [1.29, 1.82) is 0 Å². The molecule has 4 rings (SSSR count). The number of ether oxygens (including phenoxy) is 1. The Balaban J connectivity index is 1.38. The van der Waals surface area contributed by atoms with Gasteiger partial charge in [0.15, 0.2) is 0 Å². The molecule has 2 heterocycles. The highest BCUT2D eigenvalue weighted by atomic mass is 16.5. The van der Waals surface area contributed by atoms with Crippen molar-refractivity contribution >= 4 is 11.8 Å². The molecule has 1 saturated heterocycles. The molecule has 0 saturated carbocycles. The number of rotatable bonds is 4. The molecule has 1 fully saturated rings. The van der Waals surface area contributed by atoms with Crippen molar-refractivity contribution in [3.63, 3.8) is 0 Å². The van der Waals surface area contributed by atoms with Gasteiger partial charge in [-0.2, -0.15) is 4.98 Å². The van der Waals surface area contributed by atoms with E-state index >= 15 is 0 Å². The summed E-state index contributed by atoms with van der Waals surface area (Å²) in [5, 5.41) is 0. The van der Waals surface area contributed by atoms with Crippen LogP contribution in [-0.4, -0.2) is 29.2 Å². The van der Waals surface area contributed by atoms with E-state index in [-0.39, 0.29) is 0 Å². The van der Waals surface area contributed by atoms with E-state index in [2.05, 4.69) is 39.1 Å². The van der Waals surface area contributed by atoms with Crippen LogP contribution in [-0.2, 0) is 24.2 Å². The van der Waals surface area contributed by atoms with E-state index in [9.17, 15) is 0 Å². The topological polar surface area (TPSA) is 64.3 Å². The smallest absolute Gasteiger partial charge is 0.222 e. The Bertz CT molecular complexity index is 711. The van der Waals surface area contributed by atoms with Gasteiger partial charge in [-0.1, -0.05) is 30.3 Å². The molecule has 0 spiro atoms. The van der Waals surface area contributed by atoms with Gasteiger partial charge in [0, 0.05) is 18.7 Å². The average molecular weight is 338 g/mol. The molecular formula is C20H26N4O. The predicted octanol–water partition coefficient (Wildman–Crippen LogP) is 3.12.